The van der Waals surface area contributed by atoms with Crippen molar-refractivity contribution in [2.75, 3.05) is 12.9 Å². The van der Waals surface area contributed by atoms with Gasteiger partial charge in [0.05, 0.1) is 0 Å². The quantitative estimate of drug-likeness (QED) is 0.922. The van der Waals surface area contributed by atoms with Crippen molar-refractivity contribution >= 4 is 9.84 Å². The highest BCUT2D eigenvalue weighted by Crippen LogP contribution is 2.26. The van der Waals surface area contributed by atoms with Gasteiger partial charge >= 0.3 is 0 Å². The molecular weight excluding hydrogens is 329 g/mol. The first-order chi connectivity index (χ1) is 11.3. The second kappa shape index (κ2) is 6.53. The minimum absolute atomic E-state index is 0.118. The van der Waals surface area contributed by atoms with Crippen molar-refractivity contribution in [2.45, 2.75) is 30.3 Å². The van der Waals surface area contributed by atoms with Crippen LogP contribution in [0.15, 0.2) is 47.4 Å². The Morgan fingerprint density at radius 2 is 2.00 bits per heavy atom. The van der Waals surface area contributed by atoms with Crippen LogP contribution in [-0.4, -0.2) is 27.3 Å². The summed E-state index contributed by atoms with van der Waals surface area (Å²) in [5.74, 6) is 0.195. The molecule has 6 heteroatoms. The largest absolute Gasteiger partial charge is 0.492 e. The lowest BCUT2D eigenvalue weighted by atomic mass is 10.0. The van der Waals surface area contributed by atoms with Crippen molar-refractivity contribution in [3.05, 3.63) is 59.4 Å². The third kappa shape index (κ3) is 3.60. The monoisotopic (exact) mass is 349 g/mol. The van der Waals surface area contributed by atoms with Crippen molar-refractivity contribution in [1.29, 1.82) is 0 Å². The van der Waals surface area contributed by atoms with E-state index < -0.39 is 15.7 Å². The Hall–Kier alpha value is -1.92. The molecule has 0 bridgehead atoms. The smallest absolute Gasteiger partial charge is 0.178 e. The van der Waals surface area contributed by atoms with E-state index in [1.165, 1.54) is 12.1 Å². The van der Waals surface area contributed by atoms with Crippen molar-refractivity contribution in [3.63, 3.8) is 0 Å². The molecule has 1 heterocycles. The van der Waals surface area contributed by atoms with Crippen LogP contribution >= 0.6 is 0 Å². The van der Waals surface area contributed by atoms with Gasteiger partial charge in [0.25, 0.3) is 0 Å². The highest BCUT2D eigenvalue weighted by Gasteiger charge is 2.22. The molecule has 4 nitrogen and oxygen atoms in total. The number of fused-ring (bicyclic) bond motifs is 1. The number of halogens is 1. The average molecular weight is 349 g/mol. The van der Waals surface area contributed by atoms with Gasteiger partial charge in [-0.3, -0.25) is 0 Å². The SMILES string of the molecule is C[C@H](N[C@H]1COc2ccccc2C1)c1ccc(S(C)(=O)=O)c(F)c1. The van der Waals surface area contributed by atoms with Crippen LogP contribution < -0.4 is 10.1 Å². The zero-order valence-electron chi connectivity index (χ0n) is 13.6. The fraction of sp³-hybridized carbons (Fsp3) is 0.333. The number of hydrogen-bond donors (Lipinski definition) is 1. The Morgan fingerprint density at radius 3 is 2.71 bits per heavy atom. The maximum absolute atomic E-state index is 14.1. The first kappa shape index (κ1) is 16.9. The van der Waals surface area contributed by atoms with Crippen LogP contribution in [0.1, 0.15) is 24.1 Å². The van der Waals surface area contributed by atoms with Gasteiger partial charge in [0.15, 0.2) is 9.84 Å². The summed E-state index contributed by atoms with van der Waals surface area (Å²) in [6, 6.07) is 12.2. The molecule has 0 radical (unpaired) electrons. The maximum Gasteiger partial charge on any atom is 0.178 e. The first-order valence-electron chi connectivity index (χ1n) is 7.81. The van der Waals surface area contributed by atoms with Crippen LogP contribution in [-0.2, 0) is 16.3 Å². The fourth-order valence-corrected chi connectivity index (χ4v) is 3.70. The molecule has 2 atom stereocenters. The molecule has 0 spiro atoms. The third-order valence-electron chi connectivity index (χ3n) is 4.22. The number of rotatable bonds is 4. The van der Waals surface area contributed by atoms with Crippen LogP contribution in [0, 0.1) is 5.82 Å². The molecule has 2 aromatic rings. The lowest BCUT2D eigenvalue weighted by molar-refractivity contribution is 0.229. The molecule has 0 unspecified atom stereocenters. The molecule has 1 aliphatic heterocycles. The number of para-hydroxylation sites is 1. The molecule has 0 fully saturated rings. The summed E-state index contributed by atoms with van der Waals surface area (Å²) >= 11 is 0. The van der Waals surface area contributed by atoms with Gasteiger partial charge in [0.2, 0.25) is 0 Å². The minimum Gasteiger partial charge on any atom is -0.492 e. The van der Waals surface area contributed by atoms with Gasteiger partial charge in [-0.1, -0.05) is 24.3 Å². The second-order valence-electron chi connectivity index (χ2n) is 6.17. The lowest BCUT2D eigenvalue weighted by Crippen LogP contribution is -2.40. The molecule has 0 aromatic heterocycles. The summed E-state index contributed by atoms with van der Waals surface area (Å²) in [7, 11) is -3.55. The topological polar surface area (TPSA) is 55.4 Å². The van der Waals surface area contributed by atoms with E-state index in [-0.39, 0.29) is 17.0 Å². The highest BCUT2D eigenvalue weighted by atomic mass is 32.2. The average Bonchev–Trinajstić information content (AvgIpc) is 2.53. The van der Waals surface area contributed by atoms with Gasteiger partial charge in [-0.05, 0) is 42.7 Å². The van der Waals surface area contributed by atoms with Crippen LogP contribution in [0.3, 0.4) is 0 Å². The minimum atomic E-state index is -3.55. The van der Waals surface area contributed by atoms with E-state index in [4.69, 9.17) is 4.74 Å². The summed E-state index contributed by atoms with van der Waals surface area (Å²) in [4.78, 5) is -0.270. The Balaban J connectivity index is 1.72. The summed E-state index contributed by atoms with van der Waals surface area (Å²) in [6.45, 7) is 2.47. The van der Waals surface area contributed by atoms with Crippen LogP contribution in [0.25, 0.3) is 0 Å². The van der Waals surface area contributed by atoms with Crippen LogP contribution in [0.4, 0.5) is 4.39 Å². The first-order valence-corrected chi connectivity index (χ1v) is 9.70. The van der Waals surface area contributed by atoms with Crippen molar-refractivity contribution in [1.82, 2.24) is 5.32 Å². The molecule has 1 aliphatic rings. The Morgan fingerprint density at radius 1 is 1.25 bits per heavy atom. The van der Waals surface area contributed by atoms with Gasteiger partial charge in [0, 0.05) is 18.3 Å². The summed E-state index contributed by atoms with van der Waals surface area (Å²) in [6.07, 6.45) is 1.84. The van der Waals surface area contributed by atoms with E-state index in [9.17, 15) is 12.8 Å². The molecular formula is C18H20FNO3S. The summed E-state index contributed by atoms with van der Waals surface area (Å²) < 4.78 is 42.8. The van der Waals surface area contributed by atoms with Crippen LogP contribution in [0.5, 0.6) is 5.75 Å². The molecule has 24 heavy (non-hydrogen) atoms. The van der Waals surface area contributed by atoms with E-state index in [2.05, 4.69) is 5.32 Å². The van der Waals surface area contributed by atoms with E-state index in [0.29, 0.717) is 12.2 Å². The third-order valence-corrected chi connectivity index (χ3v) is 5.35. The van der Waals surface area contributed by atoms with E-state index >= 15 is 0 Å². The normalized spacial score (nSPS) is 18.5. The molecule has 0 saturated heterocycles. The highest BCUT2D eigenvalue weighted by molar-refractivity contribution is 7.90. The molecule has 128 valence electrons. The second-order valence-corrected chi connectivity index (χ2v) is 8.15. The van der Waals surface area contributed by atoms with E-state index in [1.807, 2.05) is 31.2 Å². The molecule has 3 rings (SSSR count). The van der Waals surface area contributed by atoms with Gasteiger partial charge < -0.3 is 10.1 Å². The number of ether oxygens (including phenoxy) is 1. The molecule has 2 aromatic carbocycles. The number of sulfone groups is 1. The van der Waals surface area contributed by atoms with Gasteiger partial charge in [-0.2, -0.15) is 0 Å². The summed E-state index contributed by atoms with van der Waals surface area (Å²) in [5.41, 5.74) is 1.85. The van der Waals surface area contributed by atoms with Crippen molar-refractivity contribution in [2.24, 2.45) is 0 Å². The fourth-order valence-electron chi connectivity index (χ4n) is 2.97. The van der Waals surface area contributed by atoms with Gasteiger partial charge in [-0.15, -0.1) is 0 Å². The van der Waals surface area contributed by atoms with Gasteiger partial charge in [-0.25, -0.2) is 12.8 Å². The molecule has 1 N–H and O–H groups in total. The number of hydrogen-bond acceptors (Lipinski definition) is 4. The Kier molecular flexibility index (Phi) is 4.60. The number of benzene rings is 2. The Labute approximate surface area is 141 Å². The standard InChI is InChI=1S/C18H20FNO3S/c1-12(13-7-8-18(16(19)10-13)24(2,21)22)20-15-9-14-5-3-4-6-17(14)23-11-15/h3-8,10,12,15,20H,9,11H2,1-2H3/t12-,15+/m0/s1. The van der Waals surface area contributed by atoms with Crippen molar-refractivity contribution in [3.8, 4) is 5.75 Å². The zero-order chi connectivity index (χ0) is 17.3. The van der Waals surface area contributed by atoms with Crippen molar-refractivity contribution < 1.29 is 17.5 Å². The Bertz CT molecular complexity index is 851. The predicted molar refractivity (Wildman–Crippen MR) is 90.5 cm³/mol. The molecule has 0 aliphatic carbocycles. The van der Waals surface area contributed by atoms with E-state index in [0.717, 1.165) is 24.0 Å². The molecule has 0 saturated carbocycles. The lowest BCUT2D eigenvalue weighted by Gasteiger charge is -2.29. The predicted octanol–water partition coefficient (Wildman–Crippen LogP) is 2.88. The van der Waals surface area contributed by atoms with Gasteiger partial charge in [0.1, 0.15) is 23.1 Å². The molecule has 0 amide bonds. The van der Waals surface area contributed by atoms with E-state index in [1.54, 1.807) is 6.07 Å². The van der Waals surface area contributed by atoms with Crippen LogP contribution in [0.2, 0.25) is 0 Å². The number of nitrogens with one attached hydrogen (secondary N) is 1. The maximum atomic E-state index is 14.1. The summed E-state index contributed by atoms with van der Waals surface area (Å²) in [5, 5.41) is 3.42. The zero-order valence-corrected chi connectivity index (χ0v) is 14.4.